The molecule has 0 aromatic carbocycles. The van der Waals surface area contributed by atoms with Gasteiger partial charge in [-0.2, -0.15) is 0 Å². The van der Waals surface area contributed by atoms with Gasteiger partial charge in [-0.1, -0.05) is 89.9 Å². The highest BCUT2D eigenvalue weighted by Crippen LogP contribution is 2.22. The fraction of sp³-hybridized carbons (Fsp3) is 1.00. The van der Waals surface area contributed by atoms with E-state index < -0.39 is 0 Å². The van der Waals surface area contributed by atoms with Crippen molar-refractivity contribution in [2.45, 2.75) is 153 Å². The molecule has 4 heteroatoms. The molecule has 2 aliphatic carbocycles. The molecule has 0 radical (unpaired) electrons. The lowest BCUT2D eigenvalue weighted by molar-refractivity contribution is 0.0927. The van der Waals surface area contributed by atoms with Crippen molar-refractivity contribution < 1.29 is 0 Å². The van der Waals surface area contributed by atoms with Gasteiger partial charge in [-0.25, -0.2) is 10.0 Å². The molecule has 4 rings (SSSR count). The molecule has 188 valence electrons. The van der Waals surface area contributed by atoms with Crippen LogP contribution in [0.3, 0.4) is 0 Å². The number of hydrogen-bond acceptors (Lipinski definition) is 4. The Labute approximate surface area is 200 Å². The van der Waals surface area contributed by atoms with Crippen LogP contribution >= 0.6 is 0 Å². The van der Waals surface area contributed by atoms with Gasteiger partial charge in [-0.15, -0.1) is 0 Å². The van der Waals surface area contributed by atoms with E-state index in [1.807, 2.05) is 0 Å². The van der Waals surface area contributed by atoms with E-state index in [1.165, 1.54) is 167 Å². The molecule has 0 aromatic rings. The van der Waals surface area contributed by atoms with Crippen molar-refractivity contribution >= 4 is 0 Å². The molecule has 2 saturated heterocycles. The molecule has 2 aliphatic heterocycles. The molecule has 0 atom stereocenters. The number of rotatable bonds is 2. The van der Waals surface area contributed by atoms with E-state index >= 15 is 0 Å². The van der Waals surface area contributed by atoms with E-state index in [-0.39, 0.29) is 0 Å². The predicted octanol–water partition coefficient (Wildman–Crippen LogP) is 6.96. The Kier molecular flexibility index (Phi) is 14.3. The van der Waals surface area contributed by atoms with Crippen LogP contribution in [-0.2, 0) is 0 Å². The summed E-state index contributed by atoms with van der Waals surface area (Å²) in [7, 11) is 0. The second kappa shape index (κ2) is 17.3. The average Bonchev–Trinajstić information content (AvgIpc) is 2.69. The van der Waals surface area contributed by atoms with Crippen LogP contribution in [0.5, 0.6) is 0 Å². The Morgan fingerprint density at radius 1 is 0.344 bits per heavy atom. The van der Waals surface area contributed by atoms with Crippen LogP contribution in [0.2, 0.25) is 0 Å². The molecule has 0 aromatic heterocycles. The zero-order valence-corrected chi connectivity index (χ0v) is 21.4. The van der Waals surface area contributed by atoms with Crippen molar-refractivity contribution in [2.24, 2.45) is 0 Å². The van der Waals surface area contributed by atoms with E-state index in [2.05, 4.69) is 20.9 Å². The van der Waals surface area contributed by atoms with Gasteiger partial charge in [0.05, 0.1) is 0 Å². The summed E-state index contributed by atoms with van der Waals surface area (Å²) in [5, 5.41) is 5.18. The fourth-order valence-electron chi connectivity index (χ4n) is 6.24. The van der Waals surface area contributed by atoms with E-state index in [1.54, 1.807) is 0 Å². The first kappa shape index (κ1) is 26.4. The standard InChI is InChI=1S/2C14H28N2/c2*1-2-6-10-14(11-7-3-1)16-13-9-5-4-8-12-15-16/h2*14-15H,1-13H2. The number of nitrogens with one attached hydrogen (secondary N) is 2. The maximum atomic E-state index is 3.67. The molecule has 2 heterocycles. The van der Waals surface area contributed by atoms with Gasteiger partial charge in [0.2, 0.25) is 0 Å². The maximum absolute atomic E-state index is 3.67. The van der Waals surface area contributed by atoms with E-state index in [0.29, 0.717) is 0 Å². The summed E-state index contributed by atoms with van der Waals surface area (Å²) >= 11 is 0. The van der Waals surface area contributed by atoms with Crippen LogP contribution in [-0.4, -0.2) is 48.3 Å². The first-order valence-corrected chi connectivity index (χ1v) is 14.9. The van der Waals surface area contributed by atoms with Gasteiger partial charge >= 0.3 is 0 Å². The number of nitrogens with zero attached hydrogens (tertiary/aromatic N) is 2. The second-order valence-corrected chi connectivity index (χ2v) is 11.0. The minimum atomic E-state index is 0.832. The predicted molar refractivity (Wildman–Crippen MR) is 139 cm³/mol. The largest absolute Gasteiger partial charge is 0.255 e. The molecule has 2 saturated carbocycles. The van der Waals surface area contributed by atoms with Gasteiger partial charge < -0.3 is 0 Å². The third-order valence-electron chi connectivity index (χ3n) is 8.31. The van der Waals surface area contributed by atoms with Crippen LogP contribution in [0.25, 0.3) is 0 Å². The molecular formula is C28H56N4. The molecule has 4 nitrogen and oxygen atoms in total. The zero-order valence-electron chi connectivity index (χ0n) is 21.4. The lowest BCUT2D eigenvalue weighted by atomic mass is 9.96. The monoisotopic (exact) mass is 448 g/mol. The number of hydrazine groups is 2. The summed E-state index contributed by atoms with van der Waals surface area (Å²) in [6.07, 6.45) is 31.5. The van der Waals surface area contributed by atoms with Crippen molar-refractivity contribution in [3.63, 3.8) is 0 Å². The molecule has 4 aliphatic rings. The normalized spacial score (nSPS) is 27.8. The van der Waals surface area contributed by atoms with E-state index in [9.17, 15) is 0 Å². The SMILES string of the molecule is C1CCCC(N2CCCCCCN2)CCC1.C1CCCC(N2CCCCCCN2)CCC1. The minimum Gasteiger partial charge on any atom is -0.255 e. The second-order valence-electron chi connectivity index (χ2n) is 11.0. The highest BCUT2D eigenvalue weighted by atomic mass is 15.5. The average molecular weight is 449 g/mol. The first-order valence-electron chi connectivity index (χ1n) is 14.9. The Morgan fingerprint density at radius 3 is 1.06 bits per heavy atom. The zero-order chi connectivity index (χ0) is 22.1. The van der Waals surface area contributed by atoms with Gasteiger partial charge in [0.15, 0.2) is 0 Å². The van der Waals surface area contributed by atoms with E-state index in [4.69, 9.17) is 0 Å². The smallest absolute Gasteiger partial charge is 0.0243 e. The van der Waals surface area contributed by atoms with Crippen molar-refractivity contribution in [1.82, 2.24) is 20.9 Å². The lowest BCUT2D eigenvalue weighted by Crippen LogP contribution is -2.47. The highest BCUT2D eigenvalue weighted by Gasteiger charge is 2.20. The summed E-state index contributed by atoms with van der Waals surface area (Å²) in [5.74, 6) is 0. The Hall–Kier alpha value is -0.160. The molecule has 0 unspecified atom stereocenters. The summed E-state index contributed by atoms with van der Waals surface area (Å²) < 4.78 is 0. The molecule has 0 amide bonds. The van der Waals surface area contributed by atoms with Crippen LogP contribution in [0.15, 0.2) is 0 Å². The van der Waals surface area contributed by atoms with Crippen LogP contribution in [0, 0.1) is 0 Å². The maximum Gasteiger partial charge on any atom is 0.0243 e. The van der Waals surface area contributed by atoms with Crippen molar-refractivity contribution in [2.75, 3.05) is 26.2 Å². The quantitative estimate of drug-likeness (QED) is 0.478. The van der Waals surface area contributed by atoms with Gasteiger partial charge in [-0.3, -0.25) is 10.9 Å². The molecule has 4 fully saturated rings. The summed E-state index contributed by atoms with van der Waals surface area (Å²) in [6.45, 7) is 4.97. The molecule has 32 heavy (non-hydrogen) atoms. The van der Waals surface area contributed by atoms with Crippen LogP contribution < -0.4 is 10.9 Å². The Morgan fingerprint density at radius 2 is 0.656 bits per heavy atom. The fourth-order valence-corrected chi connectivity index (χ4v) is 6.24. The van der Waals surface area contributed by atoms with Gasteiger partial charge in [-0.05, 0) is 51.4 Å². The van der Waals surface area contributed by atoms with Crippen LogP contribution in [0.4, 0.5) is 0 Å². The molecular weight excluding hydrogens is 392 g/mol. The number of hydrogen-bond donors (Lipinski definition) is 2. The summed E-state index contributed by atoms with van der Waals surface area (Å²) in [6, 6.07) is 1.66. The third-order valence-corrected chi connectivity index (χ3v) is 8.31. The van der Waals surface area contributed by atoms with E-state index in [0.717, 1.165) is 12.1 Å². The summed E-state index contributed by atoms with van der Waals surface area (Å²) in [4.78, 5) is 0. The molecule has 0 bridgehead atoms. The Balaban J connectivity index is 0.000000181. The summed E-state index contributed by atoms with van der Waals surface area (Å²) in [5.41, 5.74) is 7.35. The van der Waals surface area contributed by atoms with Crippen molar-refractivity contribution in [3.8, 4) is 0 Å². The van der Waals surface area contributed by atoms with Gasteiger partial charge in [0, 0.05) is 38.3 Å². The lowest BCUT2D eigenvalue weighted by Gasteiger charge is -2.34. The molecule has 0 spiro atoms. The third kappa shape index (κ3) is 10.8. The van der Waals surface area contributed by atoms with Crippen molar-refractivity contribution in [3.05, 3.63) is 0 Å². The topological polar surface area (TPSA) is 30.5 Å². The first-order chi connectivity index (χ1) is 15.9. The van der Waals surface area contributed by atoms with Crippen LogP contribution in [0.1, 0.15) is 141 Å². The van der Waals surface area contributed by atoms with Gasteiger partial charge in [0.1, 0.15) is 0 Å². The van der Waals surface area contributed by atoms with Gasteiger partial charge in [0.25, 0.3) is 0 Å². The molecule has 2 N–H and O–H groups in total. The Bertz CT molecular complexity index is 331. The highest BCUT2D eigenvalue weighted by molar-refractivity contribution is 4.74. The minimum absolute atomic E-state index is 0.832. The van der Waals surface area contributed by atoms with Crippen molar-refractivity contribution in [1.29, 1.82) is 0 Å².